The van der Waals surface area contributed by atoms with E-state index < -0.39 is 0 Å². The molecule has 6 heteroatoms. The Morgan fingerprint density at radius 1 is 1.33 bits per heavy atom. The molecular weight excluding hydrogens is 300 g/mol. The summed E-state index contributed by atoms with van der Waals surface area (Å²) in [6.07, 6.45) is 9.00. The molecule has 1 aliphatic rings. The van der Waals surface area contributed by atoms with E-state index >= 15 is 0 Å². The molecule has 3 aromatic heterocycles. The van der Waals surface area contributed by atoms with Crippen molar-refractivity contribution in [1.29, 1.82) is 5.26 Å². The van der Waals surface area contributed by atoms with E-state index in [2.05, 4.69) is 33.6 Å². The minimum absolute atomic E-state index is 0.382. The molecule has 4 heterocycles. The summed E-state index contributed by atoms with van der Waals surface area (Å²) in [5.74, 6) is 1.92. The number of fused-ring (bicyclic) bond motifs is 1. The predicted octanol–water partition coefficient (Wildman–Crippen LogP) is 2.81. The number of aromatic nitrogens is 4. The quantitative estimate of drug-likeness (QED) is 0.744. The SMILES string of the molecule is CCc1nccn1C1CCCN(c2nc3ccccn3c2C#N)C1. The van der Waals surface area contributed by atoms with Gasteiger partial charge < -0.3 is 9.47 Å². The molecule has 24 heavy (non-hydrogen) atoms. The molecule has 0 N–H and O–H groups in total. The van der Waals surface area contributed by atoms with E-state index in [0.29, 0.717) is 11.7 Å². The number of piperidine rings is 1. The third-order valence-corrected chi connectivity index (χ3v) is 4.77. The number of rotatable bonds is 3. The van der Waals surface area contributed by atoms with Crippen molar-refractivity contribution in [2.24, 2.45) is 0 Å². The Bertz CT molecular complexity index is 900. The number of imidazole rings is 2. The highest BCUT2D eigenvalue weighted by Crippen LogP contribution is 2.29. The van der Waals surface area contributed by atoms with Crippen molar-refractivity contribution < 1.29 is 0 Å². The van der Waals surface area contributed by atoms with Gasteiger partial charge in [-0.2, -0.15) is 5.26 Å². The summed E-state index contributed by atoms with van der Waals surface area (Å²) in [6, 6.07) is 8.53. The first-order valence-corrected chi connectivity index (χ1v) is 8.45. The van der Waals surface area contributed by atoms with Gasteiger partial charge in [0.1, 0.15) is 17.5 Å². The van der Waals surface area contributed by atoms with Crippen LogP contribution >= 0.6 is 0 Å². The van der Waals surface area contributed by atoms with Crippen LogP contribution in [0.2, 0.25) is 0 Å². The van der Waals surface area contributed by atoms with Crippen LogP contribution in [0.1, 0.15) is 37.3 Å². The van der Waals surface area contributed by atoms with Crippen molar-refractivity contribution >= 4 is 11.5 Å². The van der Waals surface area contributed by atoms with Crippen molar-refractivity contribution in [3.63, 3.8) is 0 Å². The van der Waals surface area contributed by atoms with E-state index in [-0.39, 0.29) is 0 Å². The Kier molecular flexibility index (Phi) is 3.69. The Morgan fingerprint density at radius 2 is 2.25 bits per heavy atom. The summed E-state index contributed by atoms with van der Waals surface area (Å²) in [4.78, 5) is 11.4. The number of pyridine rings is 1. The summed E-state index contributed by atoms with van der Waals surface area (Å²) in [5, 5.41) is 9.62. The van der Waals surface area contributed by atoms with Crippen LogP contribution in [0.15, 0.2) is 36.8 Å². The molecule has 0 spiro atoms. The smallest absolute Gasteiger partial charge is 0.169 e. The number of hydrogen-bond acceptors (Lipinski definition) is 4. The van der Waals surface area contributed by atoms with Crippen molar-refractivity contribution in [3.05, 3.63) is 48.3 Å². The number of hydrogen-bond donors (Lipinski definition) is 0. The van der Waals surface area contributed by atoms with Crippen LogP contribution in [0.25, 0.3) is 5.65 Å². The van der Waals surface area contributed by atoms with E-state index in [1.54, 1.807) is 0 Å². The molecule has 0 aromatic carbocycles. The molecule has 1 fully saturated rings. The lowest BCUT2D eigenvalue weighted by Crippen LogP contribution is -2.37. The molecule has 4 rings (SSSR count). The van der Waals surface area contributed by atoms with Gasteiger partial charge >= 0.3 is 0 Å². The van der Waals surface area contributed by atoms with Crippen LogP contribution in [-0.4, -0.2) is 32.0 Å². The van der Waals surface area contributed by atoms with Gasteiger partial charge in [0.25, 0.3) is 0 Å². The van der Waals surface area contributed by atoms with Gasteiger partial charge in [-0.25, -0.2) is 9.97 Å². The van der Waals surface area contributed by atoms with Crippen LogP contribution in [0.4, 0.5) is 5.82 Å². The topological polar surface area (TPSA) is 62.1 Å². The van der Waals surface area contributed by atoms with Gasteiger partial charge in [0.05, 0.1) is 6.04 Å². The van der Waals surface area contributed by atoms with Gasteiger partial charge in [-0.05, 0) is 25.0 Å². The largest absolute Gasteiger partial charge is 0.352 e. The maximum absolute atomic E-state index is 9.62. The molecule has 0 saturated carbocycles. The van der Waals surface area contributed by atoms with E-state index in [1.165, 1.54) is 0 Å². The minimum atomic E-state index is 0.382. The van der Waals surface area contributed by atoms with Gasteiger partial charge in [0.15, 0.2) is 11.5 Å². The Labute approximate surface area is 141 Å². The maximum atomic E-state index is 9.62. The molecule has 3 aromatic rings. The fourth-order valence-electron chi connectivity index (χ4n) is 3.63. The lowest BCUT2D eigenvalue weighted by molar-refractivity contribution is 0.394. The highest BCUT2D eigenvalue weighted by molar-refractivity contribution is 5.60. The molecular formula is C18H20N6. The average Bonchev–Trinajstić information content (AvgIpc) is 3.25. The Balaban J connectivity index is 1.69. The van der Waals surface area contributed by atoms with Crippen molar-refractivity contribution in [3.8, 4) is 6.07 Å². The summed E-state index contributed by atoms with van der Waals surface area (Å²) in [6.45, 7) is 3.93. The zero-order valence-electron chi connectivity index (χ0n) is 13.8. The third-order valence-electron chi connectivity index (χ3n) is 4.77. The summed E-state index contributed by atoms with van der Waals surface area (Å²) >= 11 is 0. The zero-order valence-corrected chi connectivity index (χ0v) is 13.8. The second kappa shape index (κ2) is 6.00. The van der Waals surface area contributed by atoms with Gasteiger partial charge in [-0.15, -0.1) is 0 Å². The van der Waals surface area contributed by atoms with Crippen LogP contribution in [0.3, 0.4) is 0 Å². The van der Waals surface area contributed by atoms with E-state index in [0.717, 1.165) is 49.6 Å². The fraction of sp³-hybridized carbons (Fsp3) is 0.389. The highest BCUT2D eigenvalue weighted by atomic mass is 15.3. The van der Waals surface area contributed by atoms with Crippen LogP contribution in [0, 0.1) is 11.3 Å². The fourth-order valence-corrected chi connectivity index (χ4v) is 3.63. The summed E-state index contributed by atoms with van der Waals surface area (Å²) in [5.41, 5.74) is 1.44. The Morgan fingerprint density at radius 3 is 3.08 bits per heavy atom. The molecule has 1 atom stereocenters. The molecule has 1 saturated heterocycles. The molecule has 122 valence electrons. The van der Waals surface area contributed by atoms with Gasteiger partial charge in [0, 0.05) is 38.1 Å². The molecule has 1 unspecified atom stereocenters. The maximum Gasteiger partial charge on any atom is 0.169 e. The number of nitrogens with zero attached hydrogens (tertiary/aromatic N) is 6. The first-order chi connectivity index (χ1) is 11.8. The van der Waals surface area contributed by atoms with E-state index in [1.807, 2.05) is 35.0 Å². The normalized spacial score (nSPS) is 18.0. The molecule has 6 nitrogen and oxygen atoms in total. The first kappa shape index (κ1) is 14.8. The van der Waals surface area contributed by atoms with E-state index in [9.17, 15) is 5.26 Å². The lowest BCUT2D eigenvalue weighted by Gasteiger charge is -2.34. The van der Waals surface area contributed by atoms with Gasteiger partial charge in [-0.3, -0.25) is 4.40 Å². The number of nitriles is 1. The van der Waals surface area contributed by atoms with Crippen molar-refractivity contribution in [2.75, 3.05) is 18.0 Å². The molecule has 0 bridgehead atoms. The molecule has 0 radical (unpaired) electrons. The zero-order chi connectivity index (χ0) is 16.5. The highest BCUT2D eigenvalue weighted by Gasteiger charge is 2.26. The standard InChI is InChI=1S/C18H20N6/c1-2-16-20-8-11-23(16)14-6-5-9-22(13-14)18-15(12-19)24-10-4-3-7-17(24)21-18/h3-4,7-8,10-11,14H,2,5-6,9,13H2,1H3. The second-order valence-corrected chi connectivity index (χ2v) is 6.17. The molecule has 0 amide bonds. The lowest BCUT2D eigenvalue weighted by atomic mass is 10.1. The van der Waals surface area contributed by atoms with Crippen LogP contribution < -0.4 is 4.90 Å². The minimum Gasteiger partial charge on any atom is -0.352 e. The number of anilines is 1. The van der Waals surface area contributed by atoms with Gasteiger partial charge in [0.2, 0.25) is 0 Å². The monoisotopic (exact) mass is 320 g/mol. The predicted molar refractivity (Wildman–Crippen MR) is 92.0 cm³/mol. The van der Waals surface area contributed by atoms with Gasteiger partial charge in [-0.1, -0.05) is 13.0 Å². The molecule has 1 aliphatic heterocycles. The molecule has 0 aliphatic carbocycles. The first-order valence-electron chi connectivity index (χ1n) is 8.45. The average molecular weight is 320 g/mol. The second-order valence-electron chi connectivity index (χ2n) is 6.17. The van der Waals surface area contributed by atoms with Crippen molar-refractivity contribution in [1.82, 2.24) is 18.9 Å². The number of aryl methyl sites for hydroxylation is 1. The van der Waals surface area contributed by atoms with Crippen LogP contribution in [0.5, 0.6) is 0 Å². The summed E-state index contributed by atoms with van der Waals surface area (Å²) < 4.78 is 4.15. The van der Waals surface area contributed by atoms with Crippen LogP contribution in [-0.2, 0) is 6.42 Å². The summed E-state index contributed by atoms with van der Waals surface area (Å²) in [7, 11) is 0. The van der Waals surface area contributed by atoms with E-state index in [4.69, 9.17) is 4.98 Å². The van der Waals surface area contributed by atoms with Crippen molar-refractivity contribution in [2.45, 2.75) is 32.2 Å². The third kappa shape index (κ3) is 2.33. The Hall–Kier alpha value is -2.81.